The lowest BCUT2D eigenvalue weighted by atomic mass is 9.74. The van der Waals surface area contributed by atoms with Crippen molar-refractivity contribution in [1.82, 2.24) is 9.88 Å². The third kappa shape index (κ3) is 4.49. The highest BCUT2D eigenvalue weighted by atomic mass is 16.5. The molecular formula is C26H27N3O3. The number of primary amides is 1. The van der Waals surface area contributed by atoms with Gasteiger partial charge >= 0.3 is 0 Å². The summed E-state index contributed by atoms with van der Waals surface area (Å²) < 4.78 is 5.24. The number of carbonyl (C=O) groups excluding carboxylic acids is 2. The van der Waals surface area contributed by atoms with E-state index < -0.39 is 5.41 Å². The Bertz CT molecular complexity index is 1100. The largest absolute Gasteiger partial charge is 0.497 e. The summed E-state index contributed by atoms with van der Waals surface area (Å²) >= 11 is 0. The Morgan fingerprint density at radius 2 is 1.91 bits per heavy atom. The molecule has 4 rings (SSSR count). The van der Waals surface area contributed by atoms with Crippen LogP contribution in [0.5, 0.6) is 5.75 Å². The lowest BCUT2D eigenvalue weighted by Crippen LogP contribution is -2.53. The number of piperidine rings is 1. The molecule has 164 valence electrons. The quantitative estimate of drug-likeness (QED) is 0.647. The van der Waals surface area contributed by atoms with Crippen LogP contribution in [-0.4, -0.2) is 41.9 Å². The van der Waals surface area contributed by atoms with Crippen LogP contribution in [0.3, 0.4) is 0 Å². The van der Waals surface area contributed by atoms with Crippen LogP contribution in [0.2, 0.25) is 0 Å². The minimum atomic E-state index is -0.789. The third-order valence-electron chi connectivity index (χ3n) is 6.19. The monoisotopic (exact) mass is 429 g/mol. The maximum Gasteiger partial charge on any atom is 0.254 e. The van der Waals surface area contributed by atoms with Gasteiger partial charge in [-0.05, 0) is 60.2 Å². The molecule has 6 heteroatoms. The Labute approximate surface area is 188 Å². The first-order valence-electron chi connectivity index (χ1n) is 10.7. The number of aromatic nitrogens is 1. The van der Waals surface area contributed by atoms with Crippen LogP contribution in [0.4, 0.5) is 0 Å². The molecule has 3 aromatic rings. The summed E-state index contributed by atoms with van der Waals surface area (Å²) in [6.07, 6.45) is 5.46. The van der Waals surface area contributed by atoms with Crippen LogP contribution in [0.1, 0.15) is 28.8 Å². The van der Waals surface area contributed by atoms with Crippen LogP contribution < -0.4 is 10.5 Å². The van der Waals surface area contributed by atoms with E-state index in [9.17, 15) is 9.59 Å². The van der Waals surface area contributed by atoms with E-state index in [1.165, 1.54) is 0 Å². The number of carbonyl (C=O) groups is 2. The van der Waals surface area contributed by atoms with Gasteiger partial charge in [0, 0.05) is 31.0 Å². The highest BCUT2D eigenvalue weighted by Gasteiger charge is 2.42. The first-order chi connectivity index (χ1) is 15.5. The second-order valence-electron chi connectivity index (χ2n) is 8.32. The van der Waals surface area contributed by atoms with Gasteiger partial charge in [-0.3, -0.25) is 14.6 Å². The van der Waals surface area contributed by atoms with Gasteiger partial charge in [-0.15, -0.1) is 0 Å². The average molecular weight is 430 g/mol. The second kappa shape index (κ2) is 9.22. The normalized spacial score (nSPS) is 18.2. The number of methoxy groups -OCH3 is 1. The molecule has 2 heterocycles. The molecule has 0 spiro atoms. The third-order valence-corrected chi connectivity index (χ3v) is 6.19. The number of amides is 2. The predicted molar refractivity (Wildman–Crippen MR) is 123 cm³/mol. The average Bonchev–Trinajstić information content (AvgIpc) is 2.84. The molecule has 1 aromatic heterocycles. The number of hydrogen-bond donors (Lipinski definition) is 1. The van der Waals surface area contributed by atoms with Gasteiger partial charge in [0.2, 0.25) is 5.91 Å². The van der Waals surface area contributed by atoms with Crippen molar-refractivity contribution in [3.63, 3.8) is 0 Å². The Kier molecular flexibility index (Phi) is 6.21. The van der Waals surface area contributed by atoms with Gasteiger partial charge in [0.05, 0.1) is 12.5 Å². The molecule has 0 radical (unpaired) electrons. The van der Waals surface area contributed by atoms with Gasteiger partial charge in [-0.2, -0.15) is 0 Å². The number of hydrogen-bond acceptors (Lipinski definition) is 4. The van der Waals surface area contributed by atoms with Gasteiger partial charge in [0.1, 0.15) is 5.75 Å². The molecule has 6 nitrogen and oxygen atoms in total. The SMILES string of the molecule is COc1cccc(C(=O)N2CCCC(Cc3ccc(-c4cccnc4)cc3)(C(N)=O)C2)c1. The first kappa shape index (κ1) is 21.6. The van der Waals surface area contributed by atoms with E-state index in [0.717, 1.165) is 23.1 Å². The van der Waals surface area contributed by atoms with Crippen LogP contribution in [0.25, 0.3) is 11.1 Å². The van der Waals surface area contributed by atoms with Gasteiger partial charge in [0.15, 0.2) is 0 Å². The Morgan fingerprint density at radius 1 is 1.09 bits per heavy atom. The van der Waals surface area contributed by atoms with Crippen LogP contribution in [0.15, 0.2) is 73.1 Å². The van der Waals surface area contributed by atoms with Crippen molar-refractivity contribution in [2.75, 3.05) is 20.2 Å². The highest BCUT2D eigenvalue weighted by molar-refractivity contribution is 5.95. The molecule has 1 unspecified atom stereocenters. The number of likely N-dealkylation sites (tertiary alicyclic amines) is 1. The molecule has 2 amide bonds. The van der Waals surface area contributed by atoms with Crippen molar-refractivity contribution < 1.29 is 14.3 Å². The fourth-order valence-electron chi connectivity index (χ4n) is 4.42. The molecule has 0 aliphatic carbocycles. The van der Waals surface area contributed by atoms with E-state index in [1.807, 2.05) is 42.6 Å². The molecule has 1 aliphatic rings. The molecule has 1 aliphatic heterocycles. The van der Waals surface area contributed by atoms with Crippen LogP contribution >= 0.6 is 0 Å². The maximum atomic E-state index is 13.1. The van der Waals surface area contributed by atoms with Crippen molar-refractivity contribution in [3.05, 3.63) is 84.2 Å². The molecular weight excluding hydrogens is 402 g/mol. The van der Waals surface area contributed by atoms with E-state index in [2.05, 4.69) is 4.98 Å². The minimum Gasteiger partial charge on any atom is -0.497 e. The van der Waals surface area contributed by atoms with Gasteiger partial charge in [0.25, 0.3) is 5.91 Å². The smallest absolute Gasteiger partial charge is 0.254 e. The van der Waals surface area contributed by atoms with E-state index in [4.69, 9.17) is 10.5 Å². The summed E-state index contributed by atoms with van der Waals surface area (Å²) in [6.45, 7) is 0.910. The maximum absolute atomic E-state index is 13.1. The molecule has 2 aromatic carbocycles. The summed E-state index contributed by atoms with van der Waals surface area (Å²) in [6, 6.07) is 19.1. The summed E-state index contributed by atoms with van der Waals surface area (Å²) in [4.78, 5) is 31.7. The Hall–Kier alpha value is -3.67. The van der Waals surface area contributed by atoms with Crippen molar-refractivity contribution in [3.8, 4) is 16.9 Å². The fourth-order valence-corrected chi connectivity index (χ4v) is 4.42. The highest BCUT2D eigenvalue weighted by Crippen LogP contribution is 2.35. The van der Waals surface area contributed by atoms with Gasteiger partial charge in [-0.1, -0.05) is 36.4 Å². The zero-order chi connectivity index (χ0) is 22.6. The summed E-state index contributed by atoms with van der Waals surface area (Å²) in [7, 11) is 1.57. The van der Waals surface area contributed by atoms with Crippen molar-refractivity contribution in [2.24, 2.45) is 11.1 Å². The molecule has 1 atom stereocenters. The fraction of sp³-hybridized carbons (Fsp3) is 0.269. The Morgan fingerprint density at radius 3 is 2.59 bits per heavy atom. The summed E-state index contributed by atoms with van der Waals surface area (Å²) in [5.41, 5.74) is 8.79. The van der Waals surface area contributed by atoms with Crippen LogP contribution in [0, 0.1) is 5.41 Å². The van der Waals surface area contributed by atoms with Crippen molar-refractivity contribution >= 4 is 11.8 Å². The topological polar surface area (TPSA) is 85.5 Å². The van der Waals surface area contributed by atoms with Gasteiger partial charge in [-0.25, -0.2) is 0 Å². The summed E-state index contributed by atoms with van der Waals surface area (Å²) in [5, 5.41) is 0. The molecule has 0 saturated carbocycles. The van der Waals surface area contributed by atoms with Gasteiger partial charge < -0.3 is 15.4 Å². The first-order valence-corrected chi connectivity index (χ1v) is 10.7. The van der Waals surface area contributed by atoms with E-state index in [0.29, 0.717) is 37.2 Å². The lowest BCUT2D eigenvalue weighted by Gasteiger charge is -2.41. The number of nitrogens with two attached hydrogens (primary N) is 1. The molecule has 1 saturated heterocycles. The molecule has 0 bridgehead atoms. The van der Waals surface area contributed by atoms with Crippen molar-refractivity contribution in [2.45, 2.75) is 19.3 Å². The predicted octanol–water partition coefficient (Wildman–Crippen LogP) is 3.71. The minimum absolute atomic E-state index is 0.110. The number of benzene rings is 2. The zero-order valence-corrected chi connectivity index (χ0v) is 18.2. The lowest BCUT2D eigenvalue weighted by molar-refractivity contribution is -0.130. The van der Waals surface area contributed by atoms with Crippen LogP contribution in [-0.2, 0) is 11.2 Å². The number of rotatable bonds is 6. The number of ether oxygens (including phenoxy) is 1. The number of nitrogens with zero attached hydrogens (tertiary/aromatic N) is 2. The molecule has 32 heavy (non-hydrogen) atoms. The van der Waals surface area contributed by atoms with Crippen molar-refractivity contribution in [1.29, 1.82) is 0 Å². The zero-order valence-electron chi connectivity index (χ0n) is 18.2. The Balaban J connectivity index is 1.54. The second-order valence-corrected chi connectivity index (χ2v) is 8.32. The van der Waals surface area contributed by atoms with E-state index >= 15 is 0 Å². The standard InChI is InChI=1S/C26H27N3O3/c1-32-23-7-2-5-21(15-23)24(30)29-14-4-12-26(18-29,25(27)31)16-19-8-10-20(11-9-19)22-6-3-13-28-17-22/h2-3,5-11,13,15,17H,4,12,14,16,18H2,1H3,(H2,27,31). The molecule has 2 N–H and O–H groups in total. The van der Waals surface area contributed by atoms with E-state index in [-0.39, 0.29) is 11.8 Å². The number of pyridine rings is 1. The van der Waals surface area contributed by atoms with E-state index in [1.54, 1.807) is 42.5 Å². The summed E-state index contributed by atoms with van der Waals surface area (Å²) in [5.74, 6) is 0.154. The molecule has 1 fully saturated rings.